The van der Waals surface area contributed by atoms with E-state index in [4.69, 9.17) is 11.5 Å². The molecule has 29 heavy (non-hydrogen) atoms. The first kappa shape index (κ1) is 20.5. The first-order valence-electron chi connectivity index (χ1n) is 9.54. The van der Waals surface area contributed by atoms with Gasteiger partial charge in [-0.15, -0.1) is 0 Å². The van der Waals surface area contributed by atoms with E-state index in [2.05, 4.69) is 15.4 Å². The van der Waals surface area contributed by atoms with Gasteiger partial charge in [0.25, 0.3) is 0 Å². The highest BCUT2D eigenvalue weighted by atomic mass is 19.2. The van der Waals surface area contributed by atoms with Gasteiger partial charge in [-0.1, -0.05) is 18.3 Å². The fourth-order valence-corrected chi connectivity index (χ4v) is 3.34. The van der Waals surface area contributed by atoms with Crippen LogP contribution in [-0.4, -0.2) is 32.8 Å². The molecule has 1 aromatic carbocycles. The van der Waals surface area contributed by atoms with Gasteiger partial charge >= 0.3 is 0 Å². The predicted molar refractivity (Wildman–Crippen MR) is 113 cm³/mol. The van der Waals surface area contributed by atoms with Crippen LogP contribution in [0.2, 0.25) is 0 Å². The Balaban J connectivity index is 2.13. The standard InChI is InChI=1S/C20H26FN7O/c1-4-15(22)16(5-2)26-17-6-7-18-14(11-25-27(18)3)19(17)28(21)13-8-12(20(23)29)9-24-10-13/h6-11,15-16,26H,4-5,22H2,1-3H3,(H2,23,29)/t15-,16+/m0/s1. The zero-order valence-corrected chi connectivity index (χ0v) is 16.8. The second kappa shape index (κ2) is 8.44. The molecule has 9 heteroatoms. The predicted octanol–water partition coefficient (Wildman–Crippen LogP) is 3.02. The Morgan fingerprint density at radius 1 is 1.28 bits per heavy atom. The fourth-order valence-electron chi connectivity index (χ4n) is 3.34. The summed E-state index contributed by atoms with van der Waals surface area (Å²) < 4.78 is 17.4. The van der Waals surface area contributed by atoms with Crippen molar-refractivity contribution < 1.29 is 9.28 Å². The molecule has 8 nitrogen and oxygen atoms in total. The van der Waals surface area contributed by atoms with Crippen LogP contribution in [0, 0.1) is 0 Å². The minimum Gasteiger partial charge on any atom is -0.379 e. The highest BCUT2D eigenvalue weighted by Gasteiger charge is 2.23. The number of aryl methyl sites for hydroxylation is 1. The van der Waals surface area contributed by atoms with Crippen LogP contribution in [0.3, 0.4) is 0 Å². The Morgan fingerprint density at radius 2 is 2.03 bits per heavy atom. The van der Waals surface area contributed by atoms with Crippen LogP contribution in [0.4, 0.5) is 21.5 Å². The van der Waals surface area contributed by atoms with Crippen molar-refractivity contribution in [1.29, 1.82) is 0 Å². The lowest BCUT2D eigenvalue weighted by atomic mass is 10.0. The molecular formula is C20H26FN7O. The second-order valence-electron chi connectivity index (χ2n) is 6.97. The van der Waals surface area contributed by atoms with Crippen LogP contribution < -0.4 is 21.9 Å². The van der Waals surface area contributed by atoms with Gasteiger partial charge in [0, 0.05) is 30.7 Å². The molecule has 0 aliphatic heterocycles. The van der Waals surface area contributed by atoms with E-state index in [1.165, 1.54) is 18.5 Å². The average Bonchev–Trinajstić information content (AvgIpc) is 3.11. The van der Waals surface area contributed by atoms with Crippen molar-refractivity contribution in [2.75, 3.05) is 10.4 Å². The third-order valence-electron chi connectivity index (χ3n) is 5.10. The highest BCUT2D eigenvalue weighted by Crippen LogP contribution is 2.39. The Bertz CT molecular complexity index is 1020. The van der Waals surface area contributed by atoms with Crippen molar-refractivity contribution in [3.63, 3.8) is 0 Å². The van der Waals surface area contributed by atoms with E-state index in [1.807, 2.05) is 26.0 Å². The molecule has 2 aromatic heterocycles. The van der Waals surface area contributed by atoms with Crippen molar-refractivity contribution >= 4 is 33.9 Å². The van der Waals surface area contributed by atoms with Gasteiger partial charge in [0.15, 0.2) is 0 Å². The van der Waals surface area contributed by atoms with E-state index in [0.29, 0.717) is 16.2 Å². The molecule has 2 heterocycles. The number of anilines is 3. The molecule has 0 saturated heterocycles. The van der Waals surface area contributed by atoms with Crippen molar-refractivity contribution in [3.05, 3.63) is 42.4 Å². The molecule has 154 valence electrons. The van der Waals surface area contributed by atoms with Gasteiger partial charge in [-0.3, -0.25) is 14.5 Å². The van der Waals surface area contributed by atoms with Crippen LogP contribution in [-0.2, 0) is 7.05 Å². The molecule has 5 N–H and O–H groups in total. The van der Waals surface area contributed by atoms with Gasteiger partial charge in [0.05, 0.1) is 34.8 Å². The number of fused-ring (bicyclic) bond motifs is 1. The summed E-state index contributed by atoms with van der Waals surface area (Å²) >= 11 is 0. The number of pyridine rings is 1. The third kappa shape index (κ3) is 4.00. The summed E-state index contributed by atoms with van der Waals surface area (Å²) in [6.07, 6.45) is 5.82. The van der Waals surface area contributed by atoms with Gasteiger partial charge < -0.3 is 16.8 Å². The fraction of sp³-hybridized carbons (Fsp3) is 0.350. The first-order chi connectivity index (χ1) is 13.9. The van der Waals surface area contributed by atoms with Crippen LogP contribution in [0.5, 0.6) is 0 Å². The third-order valence-corrected chi connectivity index (χ3v) is 5.10. The van der Waals surface area contributed by atoms with Crippen LogP contribution in [0.25, 0.3) is 10.9 Å². The number of amides is 1. The second-order valence-corrected chi connectivity index (χ2v) is 6.97. The number of hydrogen-bond acceptors (Lipinski definition) is 6. The summed E-state index contributed by atoms with van der Waals surface area (Å²) in [6, 6.07) is 4.94. The first-order valence-corrected chi connectivity index (χ1v) is 9.54. The Morgan fingerprint density at radius 3 is 2.69 bits per heavy atom. The van der Waals surface area contributed by atoms with Gasteiger partial charge in [-0.25, -0.2) is 0 Å². The molecule has 3 rings (SSSR count). The van der Waals surface area contributed by atoms with E-state index in [9.17, 15) is 4.79 Å². The smallest absolute Gasteiger partial charge is 0.250 e. The molecule has 0 bridgehead atoms. The number of carbonyl (C=O) groups is 1. The van der Waals surface area contributed by atoms with Gasteiger partial charge in [-0.05, 0) is 31.0 Å². The van der Waals surface area contributed by atoms with Crippen molar-refractivity contribution in [1.82, 2.24) is 14.8 Å². The lowest BCUT2D eigenvalue weighted by molar-refractivity contribution is 0.1000. The molecule has 3 aromatic rings. The summed E-state index contributed by atoms with van der Waals surface area (Å²) in [5.41, 5.74) is 13.4. The summed E-state index contributed by atoms with van der Waals surface area (Å²) in [5.74, 6) is -0.675. The van der Waals surface area contributed by atoms with Gasteiger partial charge in [0.2, 0.25) is 5.91 Å². The maximum absolute atomic E-state index is 15.7. The number of benzene rings is 1. The SMILES string of the molecule is CC[C@H](N)[C@@H](CC)Nc1ccc2c(cnn2C)c1N(F)c1cncc(C(N)=O)c1. The number of nitrogens with two attached hydrogens (primary N) is 2. The number of primary amides is 1. The number of hydrogen-bond donors (Lipinski definition) is 3. The molecule has 0 aliphatic carbocycles. The van der Waals surface area contributed by atoms with Crippen molar-refractivity contribution in [2.24, 2.45) is 18.5 Å². The average molecular weight is 399 g/mol. The number of nitrogens with zero attached hydrogens (tertiary/aromatic N) is 4. The summed E-state index contributed by atoms with van der Waals surface area (Å²) in [4.78, 5) is 15.4. The molecule has 1 amide bonds. The quantitative estimate of drug-likeness (QED) is 0.502. The topological polar surface area (TPSA) is 115 Å². The Hall–Kier alpha value is -3.20. The maximum atomic E-state index is 15.7. The monoisotopic (exact) mass is 399 g/mol. The van der Waals surface area contributed by atoms with E-state index in [-0.39, 0.29) is 29.0 Å². The zero-order chi connectivity index (χ0) is 21.1. The molecule has 0 fully saturated rings. The summed E-state index contributed by atoms with van der Waals surface area (Å²) in [7, 11) is 1.79. The highest BCUT2D eigenvalue weighted by molar-refractivity contribution is 6.01. The zero-order valence-electron chi connectivity index (χ0n) is 16.8. The number of nitrogens with one attached hydrogen (secondary N) is 1. The molecule has 0 unspecified atom stereocenters. The van der Waals surface area contributed by atoms with Crippen LogP contribution in [0.1, 0.15) is 37.0 Å². The van der Waals surface area contributed by atoms with E-state index >= 15 is 4.48 Å². The van der Waals surface area contributed by atoms with Crippen LogP contribution >= 0.6 is 0 Å². The minimum absolute atomic E-state index is 0.0312. The lowest BCUT2D eigenvalue weighted by Gasteiger charge is -2.27. The van der Waals surface area contributed by atoms with Crippen molar-refractivity contribution in [2.45, 2.75) is 38.8 Å². The van der Waals surface area contributed by atoms with E-state index in [1.54, 1.807) is 17.9 Å². The maximum Gasteiger partial charge on any atom is 0.250 e. The van der Waals surface area contributed by atoms with Gasteiger partial charge in [0.1, 0.15) is 5.69 Å². The Kier molecular flexibility index (Phi) is 5.97. The molecule has 2 atom stereocenters. The number of carbonyl (C=O) groups excluding carboxylic acids is 1. The number of aromatic nitrogens is 3. The molecule has 0 radical (unpaired) electrons. The normalized spacial score (nSPS) is 13.3. The minimum atomic E-state index is -0.675. The number of rotatable bonds is 8. The van der Waals surface area contributed by atoms with E-state index in [0.717, 1.165) is 18.4 Å². The van der Waals surface area contributed by atoms with Gasteiger partial charge in [-0.2, -0.15) is 10.2 Å². The molecule has 0 aliphatic rings. The van der Waals surface area contributed by atoms with E-state index < -0.39 is 5.91 Å². The Labute approximate surface area is 168 Å². The molecule has 0 spiro atoms. The van der Waals surface area contributed by atoms with Crippen molar-refractivity contribution in [3.8, 4) is 0 Å². The number of halogens is 1. The lowest BCUT2D eigenvalue weighted by Crippen LogP contribution is -2.39. The largest absolute Gasteiger partial charge is 0.379 e. The van der Waals surface area contributed by atoms with Crippen LogP contribution in [0.15, 0.2) is 36.8 Å². The molecule has 0 saturated carbocycles. The summed E-state index contributed by atoms with van der Waals surface area (Å²) in [6.45, 7) is 4.05. The molecular weight excluding hydrogens is 373 g/mol. The summed E-state index contributed by atoms with van der Waals surface area (Å²) in [5, 5.41) is 8.74.